The van der Waals surface area contributed by atoms with E-state index in [2.05, 4.69) is 5.32 Å². The van der Waals surface area contributed by atoms with E-state index in [-0.39, 0.29) is 22.6 Å². The van der Waals surface area contributed by atoms with Crippen molar-refractivity contribution in [2.24, 2.45) is 0 Å². The summed E-state index contributed by atoms with van der Waals surface area (Å²) in [5, 5.41) is 14.2. The van der Waals surface area contributed by atoms with E-state index in [0.717, 1.165) is 12.0 Å². The maximum absolute atomic E-state index is 13.0. The molecule has 1 unspecified atom stereocenters. The number of nitrogens with zero attached hydrogens (tertiary/aromatic N) is 1. The second kappa shape index (κ2) is 6.54. The molecule has 110 valence electrons. The van der Waals surface area contributed by atoms with Crippen molar-refractivity contribution in [3.05, 3.63) is 69.0 Å². The zero-order valence-electron chi connectivity index (χ0n) is 11.3. The fraction of sp³-hybridized carbons (Fsp3) is 0.200. The lowest BCUT2D eigenvalue weighted by Gasteiger charge is -2.19. The van der Waals surface area contributed by atoms with Gasteiger partial charge in [0.25, 0.3) is 5.69 Å². The maximum Gasteiger partial charge on any atom is 0.271 e. The van der Waals surface area contributed by atoms with Gasteiger partial charge >= 0.3 is 0 Å². The van der Waals surface area contributed by atoms with Crippen molar-refractivity contribution < 1.29 is 9.31 Å². The van der Waals surface area contributed by atoms with Crippen LogP contribution in [0, 0.1) is 15.9 Å². The number of hydrogen-bond acceptors (Lipinski definition) is 3. The lowest BCUT2D eigenvalue weighted by Crippen LogP contribution is -2.10. The molecule has 2 aromatic rings. The second-order valence-corrected chi connectivity index (χ2v) is 4.99. The first-order valence-corrected chi connectivity index (χ1v) is 6.85. The molecule has 0 spiro atoms. The number of nitro groups is 1. The standard InChI is InChI=1S/C15H14ClFN2O2/c1-2-14(10-3-5-11(17)6-4-10)18-15-8-7-12(19(20)21)9-13(15)16/h3-9,14,18H,2H2,1H3. The van der Waals surface area contributed by atoms with E-state index in [4.69, 9.17) is 11.6 Å². The SMILES string of the molecule is CCC(Nc1ccc([N+](=O)[O-])cc1Cl)c1ccc(F)cc1. The molecule has 4 nitrogen and oxygen atoms in total. The van der Waals surface area contributed by atoms with Gasteiger partial charge in [-0.25, -0.2) is 4.39 Å². The number of anilines is 1. The Kier molecular flexibility index (Phi) is 4.75. The van der Waals surface area contributed by atoms with Crippen LogP contribution in [0.15, 0.2) is 42.5 Å². The van der Waals surface area contributed by atoms with Crippen molar-refractivity contribution in [3.8, 4) is 0 Å². The summed E-state index contributed by atoms with van der Waals surface area (Å²) in [6.07, 6.45) is 0.763. The number of non-ortho nitro benzene ring substituents is 1. The zero-order chi connectivity index (χ0) is 15.4. The molecule has 0 aliphatic carbocycles. The van der Waals surface area contributed by atoms with Gasteiger partial charge in [0.15, 0.2) is 0 Å². The molecule has 0 aliphatic rings. The molecule has 2 rings (SSSR count). The monoisotopic (exact) mass is 308 g/mol. The van der Waals surface area contributed by atoms with Gasteiger partial charge in [0, 0.05) is 12.1 Å². The molecule has 1 N–H and O–H groups in total. The molecule has 0 saturated carbocycles. The van der Waals surface area contributed by atoms with Crippen LogP contribution in [0.3, 0.4) is 0 Å². The number of nitro benzene ring substituents is 1. The van der Waals surface area contributed by atoms with Crippen molar-refractivity contribution in [1.29, 1.82) is 0 Å². The first-order valence-electron chi connectivity index (χ1n) is 6.47. The minimum Gasteiger partial charge on any atom is -0.377 e. The van der Waals surface area contributed by atoms with Crippen molar-refractivity contribution in [2.75, 3.05) is 5.32 Å². The highest BCUT2D eigenvalue weighted by Crippen LogP contribution is 2.30. The maximum atomic E-state index is 13.0. The van der Waals surface area contributed by atoms with E-state index in [1.165, 1.54) is 24.3 Å². The Morgan fingerprint density at radius 3 is 2.48 bits per heavy atom. The quantitative estimate of drug-likeness (QED) is 0.628. The van der Waals surface area contributed by atoms with Gasteiger partial charge in [0.2, 0.25) is 0 Å². The summed E-state index contributed by atoms with van der Waals surface area (Å²) in [6, 6.07) is 10.4. The van der Waals surface area contributed by atoms with Crippen LogP contribution in [0.5, 0.6) is 0 Å². The van der Waals surface area contributed by atoms with Gasteiger partial charge in [-0.15, -0.1) is 0 Å². The summed E-state index contributed by atoms with van der Waals surface area (Å²) >= 11 is 6.06. The first-order chi connectivity index (χ1) is 10.0. The van der Waals surface area contributed by atoms with Gasteiger partial charge in [-0.1, -0.05) is 30.7 Å². The minimum absolute atomic E-state index is 0.0513. The third kappa shape index (κ3) is 3.70. The van der Waals surface area contributed by atoms with Crippen LogP contribution in [-0.4, -0.2) is 4.92 Å². The lowest BCUT2D eigenvalue weighted by atomic mass is 10.0. The molecule has 0 fully saturated rings. The van der Waals surface area contributed by atoms with Crippen molar-refractivity contribution >= 4 is 23.0 Å². The molecule has 0 bridgehead atoms. The smallest absolute Gasteiger partial charge is 0.271 e. The van der Waals surface area contributed by atoms with E-state index in [1.54, 1.807) is 18.2 Å². The highest BCUT2D eigenvalue weighted by atomic mass is 35.5. The van der Waals surface area contributed by atoms with Crippen LogP contribution in [0.25, 0.3) is 0 Å². The van der Waals surface area contributed by atoms with Gasteiger partial charge in [-0.05, 0) is 30.2 Å². The van der Waals surface area contributed by atoms with Crippen LogP contribution in [0.1, 0.15) is 24.9 Å². The Labute approximate surface area is 126 Å². The summed E-state index contributed by atoms with van der Waals surface area (Å²) in [7, 11) is 0. The number of halogens is 2. The number of benzene rings is 2. The summed E-state index contributed by atoms with van der Waals surface area (Å²) < 4.78 is 13.0. The largest absolute Gasteiger partial charge is 0.377 e. The molecular weight excluding hydrogens is 295 g/mol. The van der Waals surface area contributed by atoms with Crippen LogP contribution in [-0.2, 0) is 0 Å². The second-order valence-electron chi connectivity index (χ2n) is 4.58. The predicted octanol–water partition coefficient (Wildman–Crippen LogP) is 4.95. The van der Waals surface area contributed by atoms with E-state index in [9.17, 15) is 14.5 Å². The fourth-order valence-corrected chi connectivity index (χ4v) is 2.27. The normalized spacial score (nSPS) is 12.0. The summed E-state index contributed by atoms with van der Waals surface area (Å²) in [6.45, 7) is 1.99. The van der Waals surface area contributed by atoms with Gasteiger partial charge in [0.05, 0.1) is 21.7 Å². The molecule has 1 atom stereocenters. The molecule has 0 radical (unpaired) electrons. The zero-order valence-corrected chi connectivity index (χ0v) is 12.1. The van der Waals surface area contributed by atoms with Crippen molar-refractivity contribution in [3.63, 3.8) is 0 Å². The van der Waals surface area contributed by atoms with E-state index in [1.807, 2.05) is 6.92 Å². The van der Waals surface area contributed by atoms with Crippen LogP contribution >= 0.6 is 11.6 Å². The number of hydrogen-bond donors (Lipinski definition) is 1. The molecule has 0 heterocycles. The Morgan fingerprint density at radius 1 is 1.29 bits per heavy atom. The van der Waals surface area contributed by atoms with E-state index in [0.29, 0.717) is 5.69 Å². The average Bonchev–Trinajstić information content (AvgIpc) is 2.47. The molecule has 2 aromatic carbocycles. The predicted molar refractivity (Wildman–Crippen MR) is 81.2 cm³/mol. The molecule has 6 heteroatoms. The van der Waals surface area contributed by atoms with Crippen LogP contribution in [0.4, 0.5) is 15.8 Å². The van der Waals surface area contributed by atoms with Crippen LogP contribution < -0.4 is 5.32 Å². The van der Waals surface area contributed by atoms with Gasteiger partial charge in [-0.2, -0.15) is 0 Å². The molecule has 0 aliphatic heterocycles. The van der Waals surface area contributed by atoms with Gasteiger partial charge < -0.3 is 5.32 Å². The third-order valence-electron chi connectivity index (χ3n) is 3.17. The fourth-order valence-electron chi connectivity index (χ4n) is 2.04. The van der Waals surface area contributed by atoms with Gasteiger partial charge in [0.1, 0.15) is 5.82 Å². The highest BCUT2D eigenvalue weighted by Gasteiger charge is 2.14. The Balaban J connectivity index is 2.22. The third-order valence-corrected chi connectivity index (χ3v) is 3.49. The molecule has 21 heavy (non-hydrogen) atoms. The molecular formula is C15H14ClFN2O2. The Bertz CT molecular complexity index is 647. The minimum atomic E-state index is -0.493. The van der Waals surface area contributed by atoms with E-state index >= 15 is 0 Å². The molecule has 0 saturated heterocycles. The topological polar surface area (TPSA) is 55.2 Å². The molecule has 0 amide bonds. The van der Waals surface area contributed by atoms with E-state index < -0.39 is 4.92 Å². The first kappa shape index (κ1) is 15.3. The van der Waals surface area contributed by atoms with Crippen molar-refractivity contribution in [2.45, 2.75) is 19.4 Å². The summed E-state index contributed by atoms with van der Waals surface area (Å²) in [4.78, 5) is 10.2. The van der Waals surface area contributed by atoms with Gasteiger partial charge in [-0.3, -0.25) is 10.1 Å². The Morgan fingerprint density at radius 2 is 1.95 bits per heavy atom. The average molecular weight is 309 g/mol. The lowest BCUT2D eigenvalue weighted by molar-refractivity contribution is -0.384. The van der Waals surface area contributed by atoms with Crippen LogP contribution in [0.2, 0.25) is 5.02 Å². The molecule has 0 aromatic heterocycles. The van der Waals surface area contributed by atoms with Crippen molar-refractivity contribution in [1.82, 2.24) is 0 Å². The highest BCUT2D eigenvalue weighted by molar-refractivity contribution is 6.33. The number of nitrogens with one attached hydrogen (secondary N) is 1. The Hall–Kier alpha value is -2.14. The number of rotatable bonds is 5. The summed E-state index contributed by atoms with van der Waals surface area (Å²) in [5.74, 6) is -0.290. The summed E-state index contributed by atoms with van der Waals surface area (Å²) in [5.41, 5.74) is 1.48.